The molecule has 6 heteroatoms. The molecule has 0 aromatic carbocycles. The topological polar surface area (TPSA) is 69.4 Å². The van der Waals surface area contributed by atoms with Gasteiger partial charge in [0.15, 0.2) is 0 Å². The molecule has 0 spiro atoms. The van der Waals surface area contributed by atoms with Gasteiger partial charge in [0.1, 0.15) is 0 Å². The van der Waals surface area contributed by atoms with Crippen LogP contribution in [0.2, 0.25) is 0 Å². The first kappa shape index (κ1) is 10.1. The smallest absolute Gasteiger partial charge is 0.264 e. The molecule has 0 unspecified atom stereocenters. The van der Waals surface area contributed by atoms with Crippen molar-refractivity contribution >= 4 is 21.2 Å². The highest BCUT2D eigenvalue weighted by Gasteiger charge is 2.04. The zero-order chi connectivity index (χ0) is 10.9. The van der Waals surface area contributed by atoms with Crippen molar-refractivity contribution in [1.82, 2.24) is 4.98 Å². The van der Waals surface area contributed by atoms with Gasteiger partial charge in [0.2, 0.25) is 5.71 Å². The van der Waals surface area contributed by atoms with Crippen LogP contribution in [-0.4, -0.2) is 19.7 Å². The average Bonchev–Trinajstić information content (AvgIpc) is 2.60. The maximum Gasteiger partial charge on any atom is 0.264 e. The van der Waals surface area contributed by atoms with Crippen LogP contribution >= 0.6 is 0 Å². The molecule has 0 atom stereocenters. The summed E-state index contributed by atoms with van der Waals surface area (Å²) in [5, 5.41) is 0.824. The Morgan fingerprint density at radius 1 is 1.53 bits per heavy atom. The molecule has 0 amide bonds. The van der Waals surface area contributed by atoms with Gasteiger partial charge >= 0.3 is 0 Å². The number of hydrogen-bond donors (Lipinski definition) is 0. The Balaban J connectivity index is 2.21. The molecule has 0 saturated heterocycles. The van der Waals surface area contributed by atoms with Crippen LogP contribution in [0.25, 0.3) is 11.1 Å². The van der Waals surface area contributed by atoms with Gasteiger partial charge in [0, 0.05) is 11.6 Å². The Labute approximate surface area is 86.8 Å². The summed E-state index contributed by atoms with van der Waals surface area (Å²) in [5.41, 5.74) is 1.22. The Kier molecular flexibility index (Phi) is 2.45. The van der Waals surface area contributed by atoms with Crippen molar-refractivity contribution in [3.05, 3.63) is 30.2 Å². The highest BCUT2D eigenvalue weighted by atomic mass is 32.2. The van der Waals surface area contributed by atoms with Crippen molar-refractivity contribution in [2.24, 2.45) is 0 Å². The highest BCUT2D eigenvalue weighted by Crippen LogP contribution is 2.14. The average molecular weight is 227 g/mol. The maximum atomic E-state index is 10.8. The van der Waals surface area contributed by atoms with Crippen molar-refractivity contribution in [2.75, 3.05) is 6.26 Å². The van der Waals surface area contributed by atoms with Crippen LogP contribution in [0.1, 0.15) is 5.56 Å². The lowest BCUT2D eigenvalue weighted by Gasteiger charge is -2.00. The lowest BCUT2D eigenvalue weighted by Crippen LogP contribution is -2.02. The quantitative estimate of drug-likeness (QED) is 0.739. The van der Waals surface area contributed by atoms with Crippen LogP contribution < -0.4 is 0 Å². The summed E-state index contributed by atoms with van der Waals surface area (Å²) in [7, 11) is -3.41. The van der Waals surface area contributed by atoms with Crippen LogP contribution in [-0.2, 0) is 20.9 Å². The standard InChI is InChI=1S/C9H9NO4S/c1-15(11,12)14-6-7-4-8-2-3-13-9(8)10-5-7/h2-5H,6H2,1H3. The van der Waals surface area contributed by atoms with E-state index in [1.54, 1.807) is 12.1 Å². The molecule has 0 N–H and O–H groups in total. The molecule has 0 aliphatic heterocycles. The van der Waals surface area contributed by atoms with Gasteiger partial charge in [-0.1, -0.05) is 0 Å². The molecule has 2 heterocycles. The first-order valence-corrected chi connectivity index (χ1v) is 6.03. The molecule has 80 valence electrons. The molecule has 2 aromatic rings. The minimum absolute atomic E-state index is 0.00699. The van der Waals surface area contributed by atoms with Crippen molar-refractivity contribution in [3.63, 3.8) is 0 Å². The predicted molar refractivity (Wildman–Crippen MR) is 53.6 cm³/mol. The molecule has 0 fully saturated rings. The molecule has 2 aromatic heterocycles. The normalized spacial score (nSPS) is 12.1. The molecule has 0 aliphatic rings. The number of hydrogen-bond acceptors (Lipinski definition) is 5. The second-order valence-electron chi connectivity index (χ2n) is 3.12. The fourth-order valence-electron chi connectivity index (χ4n) is 1.16. The lowest BCUT2D eigenvalue weighted by atomic mass is 10.2. The first-order valence-electron chi connectivity index (χ1n) is 4.21. The Morgan fingerprint density at radius 3 is 3.07 bits per heavy atom. The number of aromatic nitrogens is 1. The van der Waals surface area contributed by atoms with Crippen LogP contribution in [0.4, 0.5) is 0 Å². The number of pyridine rings is 1. The monoisotopic (exact) mass is 227 g/mol. The van der Waals surface area contributed by atoms with Gasteiger partial charge in [-0.05, 0) is 17.7 Å². The summed E-state index contributed by atoms with van der Waals surface area (Å²) in [6.45, 7) is -0.00699. The third kappa shape index (κ3) is 2.54. The van der Waals surface area contributed by atoms with E-state index >= 15 is 0 Å². The van der Waals surface area contributed by atoms with E-state index in [2.05, 4.69) is 9.17 Å². The SMILES string of the molecule is CS(=O)(=O)OCc1cnc2occc2c1. The Morgan fingerprint density at radius 2 is 2.33 bits per heavy atom. The zero-order valence-electron chi connectivity index (χ0n) is 8.00. The summed E-state index contributed by atoms with van der Waals surface area (Å²) in [5.74, 6) is 0. The summed E-state index contributed by atoms with van der Waals surface area (Å²) >= 11 is 0. The van der Waals surface area contributed by atoms with Gasteiger partial charge < -0.3 is 4.42 Å². The zero-order valence-corrected chi connectivity index (χ0v) is 8.82. The van der Waals surface area contributed by atoms with Gasteiger partial charge in [-0.15, -0.1) is 0 Å². The fourth-order valence-corrected chi connectivity index (χ4v) is 1.51. The van der Waals surface area contributed by atoms with E-state index in [4.69, 9.17) is 4.42 Å². The van der Waals surface area contributed by atoms with Crippen molar-refractivity contribution in [1.29, 1.82) is 0 Å². The van der Waals surface area contributed by atoms with Gasteiger partial charge in [0.25, 0.3) is 10.1 Å². The molecule has 0 aliphatic carbocycles. The predicted octanol–water partition coefficient (Wildman–Crippen LogP) is 1.30. The van der Waals surface area contributed by atoms with Gasteiger partial charge in [0.05, 0.1) is 19.1 Å². The molecular weight excluding hydrogens is 218 g/mol. The Bertz CT molecular complexity index is 573. The number of nitrogens with zero attached hydrogens (tertiary/aromatic N) is 1. The van der Waals surface area contributed by atoms with Crippen molar-refractivity contribution < 1.29 is 17.0 Å². The summed E-state index contributed by atoms with van der Waals surface area (Å²) in [4.78, 5) is 4.00. The number of furan rings is 1. The van der Waals surface area contributed by atoms with Crippen LogP contribution in [0.3, 0.4) is 0 Å². The second-order valence-corrected chi connectivity index (χ2v) is 4.77. The number of fused-ring (bicyclic) bond motifs is 1. The van der Waals surface area contributed by atoms with E-state index in [9.17, 15) is 8.42 Å². The van der Waals surface area contributed by atoms with E-state index in [-0.39, 0.29) is 6.61 Å². The highest BCUT2D eigenvalue weighted by molar-refractivity contribution is 7.85. The second kappa shape index (κ2) is 3.63. The minimum atomic E-state index is -3.41. The van der Waals surface area contributed by atoms with Gasteiger partial charge in [-0.3, -0.25) is 4.18 Å². The van der Waals surface area contributed by atoms with E-state index in [1.165, 1.54) is 12.5 Å². The first-order chi connectivity index (χ1) is 7.04. The minimum Gasteiger partial charge on any atom is -0.446 e. The van der Waals surface area contributed by atoms with E-state index in [1.807, 2.05) is 0 Å². The summed E-state index contributed by atoms with van der Waals surface area (Å²) in [6, 6.07) is 3.53. The third-order valence-corrected chi connectivity index (χ3v) is 2.35. The largest absolute Gasteiger partial charge is 0.446 e. The van der Waals surface area contributed by atoms with Gasteiger partial charge in [-0.25, -0.2) is 4.98 Å². The van der Waals surface area contributed by atoms with Crippen molar-refractivity contribution in [2.45, 2.75) is 6.61 Å². The third-order valence-electron chi connectivity index (χ3n) is 1.80. The van der Waals surface area contributed by atoms with E-state index in [0.717, 1.165) is 11.6 Å². The fraction of sp³-hybridized carbons (Fsp3) is 0.222. The van der Waals surface area contributed by atoms with E-state index in [0.29, 0.717) is 11.3 Å². The molecule has 0 bridgehead atoms. The number of rotatable bonds is 3. The Hall–Kier alpha value is -1.40. The molecule has 5 nitrogen and oxygen atoms in total. The molecular formula is C9H9NO4S. The molecule has 0 saturated carbocycles. The van der Waals surface area contributed by atoms with Crippen LogP contribution in [0.15, 0.2) is 29.0 Å². The lowest BCUT2D eigenvalue weighted by molar-refractivity contribution is 0.311. The van der Waals surface area contributed by atoms with Gasteiger partial charge in [-0.2, -0.15) is 8.42 Å². The van der Waals surface area contributed by atoms with Crippen molar-refractivity contribution in [3.8, 4) is 0 Å². The van der Waals surface area contributed by atoms with Crippen LogP contribution in [0.5, 0.6) is 0 Å². The molecule has 15 heavy (non-hydrogen) atoms. The molecule has 0 radical (unpaired) electrons. The van der Waals surface area contributed by atoms with E-state index < -0.39 is 10.1 Å². The summed E-state index contributed by atoms with van der Waals surface area (Å²) in [6.07, 6.45) is 4.06. The van der Waals surface area contributed by atoms with Crippen LogP contribution in [0, 0.1) is 0 Å². The maximum absolute atomic E-state index is 10.8. The summed E-state index contributed by atoms with van der Waals surface area (Å²) < 4.78 is 31.2. The molecule has 2 rings (SSSR count).